The Balaban J connectivity index is 1.62. The molecule has 3 fully saturated rings. The number of anilines is 1. The van der Waals surface area contributed by atoms with Crippen LogP contribution in [0, 0.1) is 11.3 Å². The molecule has 3 heterocycles. The van der Waals surface area contributed by atoms with E-state index in [1.54, 1.807) is 18.3 Å². The van der Waals surface area contributed by atoms with Gasteiger partial charge in [-0.05, 0) is 43.7 Å². The number of nitrogens with zero attached hydrogens (tertiary/aromatic N) is 4. The minimum atomic E-state index is -0.0925. The van der Waals surface area contributed by atoms with Gasteiger partial charge in [0, 0.05) is 42.6 Å². The van der Waals surface area contributed by atoms with Crippen molar-refractivity contribution >= 4 is 11.7 Å². The van der Waals surface area contributed by atoms with Gasteiger partial charge < -0.3 is 15.5 Å². The summed E-state index contributed by atoms with van der Waals surface area (Å²) in [5.74, 6) is 1.30. The Hall–Kier alpha value is -3.07. The maximum atomic E-state index is 13.0. The molecule has 2 unspecified atom stereocenters. The highest BCUT2D eigenvalue weighted by molar-refractivity contribution is 5.98. The van der Waals surface area contributed by atoms with Gasteiger partial charge in [-0.1, -0.05) is 19.2 Å². The van der Waals surface area contributed by atoms with Crippen LogP contribution in [0.4, 0.5) is 5.82 Å². The maximum Gasteiger partial charge on any atom is 0.256 e. The molecule has 2 atom stereocenters. The molecule has 1 amide bonds. The number of allylic oxidation sites excluding steroid dienone is 2. The molecule has 4 rings (SSSR count). The molecule has 1 aromatic heterocycles. The summed E-state index contributed by atoms with van der Waals surface area (Å²) in [5, 5.41) is 9.56. The first-order valence-electron chi connectivity index (χ1n) is 9.79. The van der Waals surface area contributed by atoms with Crippen molar-refractivity contribution in [1.82, 2.24) is 9.88 Å². The van der Waals surface area contributed by atoms with Crippen molar-refractivity contribution in [2.45, 2.75) is 43.7 Å². The Bertz CT molecular complexity index is 894. The quantitative estimate of drug-likeness (QED) is 0.631. The molecule has 1 aromatic rings. The largest absolute Gasteiger partial charge is 0.399 e. The summed E-state index contributed by atoms with van der Waals surface area (Å²) in [6.07, 6.45) is 9.20. The Morgan fingerprint density at radius 1 is 1.29 bits per heavy atom. The summed E-state index contributed by atoms with van der Waals surface area (Å²) in [7, 11) is 0. The molecule has 2 aliphatic heterocycles. The van der Waals surface area contributed by atoms with Crippen LogP contribution in [0.15, 0.2) is 48.8 Å². The van der Waals surface area contributed by atoms with Gasteiger partial charge in [0.25, 0.3) is 5.91 Å². The molecule has 0 spiro atoms. The van der Waals surface area contributed by atoms with E-state index in [1.165, 1.54) is 0 Å². The number of pyridine rings is 1. The van der Waals surface area contributed by atoms with Gasteiger partial charge in [-0.3, -0.25) is 4.79 Å². The van der Waals surface area contributed by atoms with Gasteiger partial charge in [0.1, 0.15) is 5.82 Å². The van der Waals surface area contributed by atoms with Crippen LogP contribution in [-0.4, -0.2) is 41.0 Å². The summed E-state index contributed by atoms with van der Waals surface area (Å²) >= 11 is 0. The van der Waals surface area contributed by atoms with E-state index in [0.29, 0.717) is 24.6 Å². The fraction of sp³-hybridized carbons (Fsp3) is 0.409. The predicted octanol–water partition coefficient (Wildman–Crippen LogP) is 2.60. The fourth-order valence-electron chi connectivity index (χ4n) is 4.56. The second-order valence-corrected chi connectivity index (χ2v) is 7.83. The summed E-state index contributed by atoms with van der Waals surface area (Å²) in [6.45, 7) is 8.64. The van der Waals surface area contributed by atoms with E-state index in [1.807, 2.05) is 11.0 Å². The van der Waals surface area contributed by atoms with Crippen LogP contribution >= 0.6 is 0 Å². The predicted molar refractivity (Wildman–Crippen MR) is 108 cm³/mol. The zero-order valence-electron chi connectivity index (χ0n) is 16.0. The van der Waals surface area contributed by atoms with Crippen molar-refractivity contribution in [3.05, 3.63) is 60.0 Å². The molecular weight excluding hydrogens is 350 g/mol. The van der Waals surface area contributed by atoms with Crippen LogP contribution < -0.4 is 10.6 Å². The van der Waals surface area contributed by atoms with E-state index in [0.717, 1.165) is 42.6 Å². The number of hydrogen-bond acceptors (Lipinski definition) is 5. The molecule has 6 nitrogen and oxygen atoms in total. The first-order chi connectivity index (χ1) is 13.5. The SMILES string of the molecule is C=C/C=C(\C(=C)N)C(=O)N1CC2CCC(C1)N2c1nccc(C#N)c1C1CC1. The first kappa shape index (κ1) is 18.3. The summed E-state index contributed by atoms with van der Waals surface area (Å²) in [4.78, 5) is 21.9. The number of amides is 1. The van der Waals surface area contributed by atoms with E-state index in [9.17, 15) is 10.1 Å². The second-order valence-electron chi connectivity index (χ2n) is 7.83. The molecule has 0 radical (unpaired) electrons. The van der Waals surface area contributed by atoms with Crippen molar-refractivity contribution in [2.75, 3.05) is 18.0 Å². The number of carbonyl (C=O) groups is 1. The lowest BCUT2D eigenvalue weighted by Crippen LogP contribution is -2.56. The average Bonchev–Trinajstić information content (AvgIpc) is 3.49. The van der Waals surface area contributed by atoms with Gasteiger partial charge in [-0.2, -0.15) is 5.26 Å². The smallest absolute Gasteiger partial charge is 0.256 e. The van der Waals surface area contributed by atoms with Crippen molar-refractivity contribution in [2.24, 2.45) is 5.73 Å². The van der Waals surface area contributed by atoms with Gasteiger partial charge in [0.2, 0.25) is 0 Å². The molecule has 3 aliphatic rings. The standard InChI is InChI=1S/C22H25N5O/c1-3-4-19(14(2)24)22(28)26-12-17-7-8-18(13-26)27(17)21-20(15-5-6-15)16(11-23)9-10-25-21/h3-4,9-10,15,17-18H,1-2,5-8,12-13,24H2/b19-4+. The highest BCUT2D eigenvalue weighted by Gasteiger charge is 2.44. The number of piperazine rings is 1. The highest BCUT2D eigenvalue weighted by Crippen LogP contribution is 2.47. The number of fused-ring (bicyclic) bond motifs is 2. The first-order valence-corrected chi connectivity index (χ1v) is 9.79. The lowest BCUT2D eigenvalue weighted by Gasteiger charge is -2.42. The van der Waals surface area contributed by atoms with Gasteiger partial charge in [0.15, 0.2) is 0 Å². The molecule has 1 saturated carbocycles. The van der Waals surface area contributed by atoms with E-state index >= 15 is 0 Å². The van der Waals surface area contributed by atoms with Crippen LogP contribution in [0.1, 0.15) is 42.7 Å². The summed E-state index contributed by atoms with van der Waals surface area (Å²) in [6, 6.07) is 4.57. The van der Waals surface area contributed by atoms with Crippen LogP contribution in [0.25, 0.3) is 0 Å². The number of aromatic nitrogens is 1. The fourth-order valence-corrected chi connectivity index (χ4v) is 4.56. The summed E-state index contributed by atoms with van der Waals surface area (Å²) in [5.41, 5.74) is 8.33. The Morgan fingerprint density at radius 2 is 1.96 bits per heavy atom. The van der Waals surface area contributed by atoms with E-state index < -0.39 is 0 Å². The normalized spacial score (nSPS) is 24.0. The zero-order valence-corrected chi connectivity index (χ0v) is 16.0. The molecule has 144 valence electrons. The minimum Gasteiger partial charge on any atom is -0.399 e. The highest BCUT2D eigenvalue weighted by atomic mass is 16.2. The number of likely N-dealkylation sites (tertiary alicyclic amines) is 1. The van der Waals surface area contributed by atoms with Crippen LogP contribution in [-0.2, 0) is 4.79 Å². The molecule has 0 aromatic carbocycles. The number of hydrogen-bond donors (Lipinski definition) is 1. The van der Waals surface area contributed by atoms with Crippen molar-refractivity contribution in [1.29, 1.82) is 5.26 Å². The van der Waals surface area contributed by atoms with Crippen LogP contribution in [0.3, 0.4) is 0 Å². The Labute approximate surface area is 165 Å². The molecule has 1 aliphatic carbocycles. The summed E-state index contributed by atoms with van der Waals surface area (Å²) < 4.78 is 0. The topological polar surface area (TPSA) is 86.2 Å². The van der Waals surface area contributed by atoms with E-state index in [4.69, 9.17) is 5.73 Å². The van der Waals surface area contributed by atoms with Crippen molar-refractivity contribution in [3.8, 4) is 6.07 Å². The molecule has 2 saturated heterocycles. The van der Waals surface area contributed by atoms with Crippen LogP contribution in [0.2, 0.25) is 0 Å². The lowest BCUT2D eigenvalue weighted by molar-refractivity contribution is -0.127. The Morgan fingerprint density at radius 3 is 2.50 bits per heavy atom. The number of nitriles is 1. The molecule has 2 N–H and O–H groups in total. The van der Waals surface area contributed by atoms with Gasteiger partial charge in [-0.15, -0.1) is 0 Å². The second kappa shape index (κ2) is 7.16. The van der Waals surface area contributed by atoms with Gasteiger partial charge >= 0.3 is 0 Å². The maximum absolute atomic E-state index is 13.0. The van der Waals surface area contributed by atoms with Crippen molar-refractivity contribution in [3.63, 3.8) is 0 Å². The monoisotopic (exact) mass is 375 g/mol. The molecular formula is C22H25N5O. The lowest BCUT2D eigenvalue weighted by atomic mass is 10.0. The van der Waals surface area contributed by atoms with Gasteiger partial charge in [0.05, 0.1) is 17.2 Å². The molecule has 6 heteroatoms. The zero-order chi connectivity index (χ0) is 19.8. The number of nitrogens with two attached hydrogens (primary N) is 1. The number of carbonyl (C=O) groups excluding carboxylic acids is 1. The average molecular weight is 375 g/mol. The van der Waals surface area contributed by atoms with Crippen molar-refractivity contribution < 1.29 is 4.79 Å². The molecule has 28 heavy (non-hydrogen) atoms. The van der Waals surface area contributed by atoms with Crippen LogP contribution in [0.5, 0.6) is 0 Å². The minimum absolute atomic E-state index is 0.0925. The molecule has 2 bridgehead atoms. The van der Waals surface area contributed by atoms with E-state index in [2.05, 4.69) is 29.1 Å². The Kier molecular flexibility index (Phi) is 4.68. The third-order valence-electron chi connectivity index (χ3n) is 5.95. The van der Waals surface area contributed by atoms with E-state index in [-0.39, 0.29) is 23.7 Å². The van der Waals surface area contributed by atoms with Gasteiger partial charge in [-0.25, -0.2) is 4.98 Å². The third kappa shape index (κ3) is 3.07. The number of rotatable bonds is 5. The third-order valence-corrected chi connectivity index (χ3v) is 5.95.